The van der Waals surface area contributed by atoms with E-state index in [1.807, 2.05) is 30.7 Å². The lowest BCUT2D eigenvalue weighted by Gasteiger charge is -2.10. The topological polar surface area (TPSA) is 85.0 Å². The number of anilines is 2. The van der Waals surface area contributed by atoms with Crippen LogP contribution in [0.5, 0.6) is 0 Å². The van der Waals surface area contributed by atoms with Gasteiger partial charge in [0.1, 0.15) is 0 Å². The Morgan fingerprint density at radius 1 is 1.40 bits per heavy atom. The van der Waals surface area contributed by atoms with Gasteiger partial charge in [-0.15, -0.1) is 0 Å². The van der Waals surface area contributed by atoms with Crippen molar-refractivity contribution in [1.82, 2.24) is 9.55 Å². The molecule has 1 aliphatic rings. The molecule has 0 unspecified atom stereocenters. The van der Waals surface area contributed by atoms with Crippen LogP contribution in [-0.4, -0.2) is 15.6 Å². The van der Waals surface area contributed by atoms with Crippen LogP contribution in [0.15, 0.2) is 36.8 Å². The zero-order chi connectivity index (χ0) is 13.9. The molecule has 4 N–H and O–H groups in total. The molecule has 1 heterocycles. The van der Waals surface area contributed by atoms with Crippen molar-refractivity contribution < 1.29 is 4.79 Å². The van der Waals surface area contributed by atoms with Crippen molar-refractivity contribution in [2.45, 2.75) is 25.4 Å². The Morgan fingerprint density at radius 3 is 2.95 bits per heavy atom. The van der Waals surface area contributed by atoms with Crippen LogP contribution in [0.25, 0.3) is 0 Å². The van der Waals surface area contributed by atoms with Crippen LogP contribution < -0.4 is 16.4 Å². The number of hydrogen-bond donors (Lipinski definition) is 3. The minimum absolute atomic E-state index is 0.561. The van der Waals surface area contributed by atoms with Crippen LogP contribution in [0.1, 0.15) is 24.6 Å². The first kappa shape index (κ1) is 12.5. The number of nitrogens with zero attached hydrogens (tertiary/aromatic N) is 2. The number of amides is 2. The van der Waals surface area contributed by atoms with Crippen molar-refractivity contribution in [2.75, 3.05) is 10.6 Å². The third kappa shape index (κ3) is 2.90. The molecular weight excluding hydrogens is 254 g/mol. The van der Waals surface area contributed by atoms with Gasteiger partial charge in [-0.3, -0.25) is 0 Å². The van der Waals surface area contributed by atoms with Crippen molar-refractivity contribution >= 4 is 17.4 Å². The molecule has 1 fully saturated rings. The number of carbonyl (C=O) groups excluding carboxylic acids is 1. The standard InChI is InChI=1S/C14H17N5O/c15-14(20)18-11-3-1-2-10(6-11)17-8-13-7-16-9-19(13)12-4-5-12/h1-3,6-7,9,12,17H,4-5,8H2,(H3,15,18,20). The predicted molar refractivity (Wildman–Crippen MR) is 77.5 cm³/mol. The van der Waals surface area contributed by atoms with E-state index in [1.165, 1.54) is 18.5 Å². The molecule has 0 spiro atoms. The second-order valence-corrected chi connectivity index (χ2v) is 4.95. The first-order valence-corrected chi connectivity index (χ1v) is 6.63. The maximum Gasteiger partial charge on any atom is 0.316 e. The summed E-state index contributed by atoms with van der Waals surface area (Å²) in [6, 6.07) is 7.52. The van der Waals surface area contributed by atoms with Gasteiger partial charge in [0.2, 0.25) is 0 Å². The number of aromatic nitrogens is 2. The Balaban J connectivity index is 1.65. The quantitative estimate of drug-likeness (QED) is 0.780. The Morgan fingerprint density at radius 2 is 2.20 bits per heavy atom. The maximum atomic E-state index is 10.8. The first-order valence-electron chi connectivity index (χ1n) is 6.63. The fourth-order valence-corrected chi connectivity index (χ4v) is 2.19. The fourth-order valence-electron chi connectivity index (χ4n) is 2.19. The summed E-state index contributed by atoms with van der Waals surface area (Å²) in [6.45, 7) is 0.705. The average molecular weight is 271 g/mol. The molecule has 6 heteroatoms. The molecule has 0 saturated heterocycles. The lowest BCUT2D eigenvalue weighted by atomic mass is 10.2. The number of carbonyl (C=O) groups is 1. The van der Waals surface area contributed by atoms with Crippen LogP contribution in [0.3, 0.4) is 0 Å². The zero-order valence-electron chi connectivity index (χ0n) is 11.0. The van der Waals surface area contributed by atoms with Crippen LogP contribution in [0, 0.1) is 0 Å². The van der Waals surface area contributed by atoms with E-state index in [4.69, 9.17) is 5.73 Å². The summed E-state index contributed by atoms with van der Waals surface area (Å²) in [5, 5.41) is 5.89. The molecule has 104 valence electrons. The number of nitrogens with one attached hydrogen (secondary N) is 2. The largest absolute Gasteiger partial charge is 0.379 e. The number of urea groups is 1. The molecule has 0 atom stereocenters. The summed E-state index contributed by atoms with van der Waals surface area (Å²) in [5.41, 5.74) is 7.88. The van der Waals surface area contributed by atoms with Gasteiger partial charge < -0.3 is 20.9 Å². The number of rotatable bonds is 5. The molecule has 0 bridgehead atoms. The van der Waals surface area contributed by atoms with Crippen LogP contribution in [0.2, 0.25) is 0 Å². The zero-order valence-corrected chi connectivity index (χ0v) is 11.0. The summed E-state index contributed by atoms with van der Waals surface area (Å²) in [7, 11) is 0. The maximum absolute atomic E-state index is 10.8. The first-order chi connectivity index (χ1) is 9.72. The summed E-state index contributed by atoms with van der Waals surface area (Å²) >= 11 is 0. The Bertz CT molecular complexity index is 618. The molecule has 20 heavy (non-hydrogen) atoms. The fraction of sp³-hybridized carbons (Fsp3) is 0.286. The molecular formula is C14H17N5O. The molecule has 0 radical (unpaired) electrons. The second-order valence-electron chi connectivity index (χ2n) is 4.95. The van der Waals surface area contributed by atoms with E-state index in [9.17, 15) is 4.79 Å². The van der Waals surface area contributed by atoms with Crippen molar-refractivity contribution in [2.24, 2.45) is 5.73 Å². The molecule has 1 aliphatic carbocycles. The van der Waals surface area contributed by atoms with Gasteiger partial charge in [-0.25, -0.2) is 9.78 Å². The molecule has 1 aromatic heterocycles. The monoisotopic (exact) mass is 271 g/mol. The summed E-state index contributed by atoms with van der Waals surface area (Å²) in [6.07, 6.45) is 6.25. The lowest BCUT2D eigenvalue weighted by Crippen LogP contribution is -2.19. The Hall–Kier alpha value is -2.50. The molecule has 3 rings (SSSR count). The van der Waals surface area contributed by atoms with E-state index in [0.29, 0.717) is 18.3 Å². The summed E-state index contributed by atoms with van der Waals surface area (Å²) < 4.78 is 2.22. The number of hydrogen-bond acceptors (Lipinski definition) is 3. The van der Waals surface area contributed by atoms with Gasteiger partial charge in [0.15, 0.2) is 0 Å². The third-order valence-corrected chi connectivity index (χ3v) is 3.29. The van der Waals surface area contributed by atoms with Gasteiger partial charge in [0.25, 0.3) is 0 Å². The van der Waals surface area contributed by atoms with E-state index in [0.717, 1.165) is 5.69 Å². The van der Waals surface area contributed by atoms with Crippen molar-refractivity contribution in [3.05, 3.63) is 42.5 Å². The molecule has 1 aromatic carbocycles. The van der Waals surface area contributed by atoms with E-state index in [1.54, 1.807) is 6.07 Å². The molecule has 6 nitrogen and oxygen atoms in total. The highest BCUT2D eigenvalue weighted by Crippen LogP contribution is 2.35. The number of nitrogens with two attached hydrogens (primary N) is 1. The van der Waals surface area contributed by atoms with Crippen LogP contribution in [-0.2, 0) is 6.54 Å². The Labute approximate surface area is 117 Å². The van der Waals surface area contributed by atoms with E-state index < -0.39 is 6.03 Å². The highest BCUT2D eigenvalue weighted by Gasteiger charge is 2.24. The summed E-state index contributed by atoms with van der Waals surface area (Å²) in [5.74, 6) is 0. The third-order valence-electron chi connectivity index (χ3n) is 3.29. The predicted octanol–water partition coefficient (Wildman–Crippen LogP) is 2.32. The lowest BCUT2D eigenvalue weighted by molar-refractivity contribution is 0.259. The van der Waals surface area contributed by atoms with E-state index in [-0.39, 0.29) is 0 Å². The van der Waals surface area contributed by atoms with Crippen molar-refractivity contribution in [1.29, 1.82) is 0 Å². The number of imidazole rings is 1. The van der Waals surface area contributed by atoms with Crippen molar-refractivity contribution in [3.8, 4) is 0 Å². The molecule has 2 amide bonds. The Kier molecular flexibility index (Phi) is 3.28. The van der Waals surface area contributed by atoms with E-state index >= 15 is 0 Å². The second kappa shape index (κ2) is 5.24. The normalized spacial score (nSPS) is 14.0. The molecule has 0 aliphatic heterocycles. The van der Waals surface area contributed by atoms with Gasteiger partial charge in [-0.1, -0.05) is 6.07 Å². The highest BCUT2D eigenvalue weighted by molar-refractivity contribution is 5.88. The van der Waals surface area contributed by atoms with Gasteiger partial charge in [0.05, 0.1) is 18.6 Å². The molecule has 2 aromatic rings. The van der Waals surface area contributed by atoms with Gasteiger partial charge in [-0.2, -0.15) is 0 Å². The average Bonchev–Trinajstić information content (AvgIpc) is 3.15. The highest BCUT2D eigenvalue weighted by atomic mass is 16.2. The summed E-state index contributed by atoms with van der Waals surface area (Å²) in [4.78, 5) is 15.0. The minimum atomic E-state index is -0.561. The van der Waals surface area contributed by atoms with Gasteiger partial charge in [-0.05, 0) is 31.0 Å². The van der Waals surface area contributed by atoms with Crippen molar-refractivity contribution in [3.63, 3.8) is 0 Å². The smallest absolute Gasteiger partial charge is 0.316 e. The number of benzene rings is 1. The van der Waals surface area contributed by atoms with E-state index in [2.05, 4.69) is 20.2 Å². The molecule has 1 saturated carbocycles. The minimum Gasteiger partial charge on any atom is -0.379 e. The van der Waals surface area contributed by atoms with Crippen LogP contribution >= 0.6 is 0 Å². The van der Waals surface area contributed by atoms with Gasteiger partial charge >= 0.3 is 6.03 Å². The number of primary amides is 1. The SMILES string of the molecule is NC(=O)Nc1cccc(NCc2cncn2C2CC2)c1. The van der Waals surface area contributed by atoms with Crippen LogP contribution in [0.4, 0.5) is 16.2 Å². The van der Waals surface area contributed by atoms with Gasteiger partial charge in [0, 0.05) is 23.6 Å².